The summed E-state index contributed by atoms with van der Waals surface area (Å²) < 4.78 is 10.8. The predicted molar refractivity (Wildman–Crippen MR) is 65.4 cm³/mol. The van der Waals surface area contributed by atoms with Crippen LogP contribution in [0.4, 0.5) is 5.69 Å². The summed E-state index contributed by atoms with van der Waals surface area (Å²) in [6.07, 6.45) is 2.52. The maximum atomic E-state index is 10.8. The molecule has 88 valence electrons. The molecule has 0 amide bonds. The highest BCUT2D eigenvalue weighted by Crippen LogP contribution is 2.09. The van der Waals surface area contributed by atoms with Crippen LogP contribution < -0.4 is 5.32 Å². The second-order valence-electron chi connectivity index (χ2n) is 3.44. The van der Waals surface area contributed by atoms with Crippen molar-refractivity contribution >= 4 is 22.5 Å². The summed E-state index contributed by atoms with van der Waals surface area (Å²) in [7, 11) is -0.751. The normalized spacial score (nSPS) is 12.1. The van der Waals surface area contributed by atoms with Crippen molar-refractivity contribution < 1.29 is 14.1 Å². The number of nitrogens with one attached hydrogen (secondary N) is 1. The van der Waals surface area contributed by atoms with Gasteiger partial charge in [-0.1, -0.05) is 0 Å². The van der Waals surface area contributed by atoms with Gasteiger partial charge in [0.1, 0.15) is 0 Å². The molecule has 0 aliphatic heterocycles. The van der Waals surface area contributed by atoms with Crippen molar-refractivity contribution in [2.24, 2.45) is 0 Å². The number of benzene rings is 1. The summed E-state index contributed by atoms with van der Waals surface area (Å²) >= 11 is 0. The van der Waals surface area contributed by atoms with Crippen LogP contribution in [0.5, 0.6) is 0 Å². The van der Waals surface area contributed by atoms with E-state index in [0.29, 0.717) is 5.75 Å². The van der Waals surface area contributed by atoms with Gasteiger partial charge >= 0.3 is 5.97 Å². The molecule has 0 heterocycles. The minimum atomic E-state index is -0.923. The van der Waals surface area contributed by atoms with E-state index >= 15 is 0 Å². The van der Waals surface area contributed by atoms with E-state index in [0.717, 1.165) is 18.7 Å². The second kappa shape index (κ2) is 6.27. The first-order chi connectivity index (χ1) is 7.59. The average Bonchev–Trinajstić information content (AvgIpc) is 2.25. The van der Waals surface area contributed by atoms with Crippen molar-refractivity contribution in [3.8, 4) is 0 Å². The van der Waals surface area contributed by atoms with Gasteiger partial charge < -0.3 is 10.4 Å². The Hall–Kier alpha value is -1.36. The van der Waals surface area contributed by atoms with Gasteiger partial charge in [0, 0.05) is 35.0 Å². The number of carboxylic acids is 1. The molecule has 0 fully saturated rings. The Morgan fingerprint density at radius 2 is 2.00 bits per heavy atom. The minimum Gasteiger partial charge on any atom is -0.478 e. The summed E-state index contributed by atoms with van der Waals surface area (Å²) in [4.78, 5) is 10.6. The molecule has 0 aliphatic rings. The van der Waals surface area contributed by atoms with Crippen molar-refractivity contribution in [3.63, 3.8) is 0 Å². The highest BCUT2D eigenvalue weighted by atomic mass is 32.2. The van der Waals surface area contributed by atoms with Crippen LogP contribution in [-0.2, 0) is 10.8 Å². The maximum Gasteiger partial charge on any atom is 0.335 e. The molecule has 1 unspecified atom stereocenters. The lowest BCUT2D eigenvalue weighted by Gasteiger charge is -2.05. The van der Waals surface area contributed by atoms with Crippen molar-refractivity contribution in [2.45, 2.75) is 6.42 Å². The lowest BCUT2D eigenvalue weighted by atomic mass is 10.2. The predicted octanol–water partition coefficient (Wildman–Crippen LogP) is 1.57. The van der Waals surface area contributed by atoms with Crippen molar-refractivity contribution in [1.82, 2.24) is 0 Å². The highest BCUT2D eigenvalue weighted by Gasteiger charge is 2.01. The average molecular weight is 241 g/mol. The molecule has 4 nitrogen and oxygen atoms in total. The van der Waals surface area contributed by atoms with E-state index in [1.54, 1.807) is 30.5 Å². The smallest absolute Gasteiger partial charge is 0.335 e. The topological polar surface area (TPSA) is 66.4 Å². The molecule has 0 saturated carbocycles. The molecule has 16 heavy (non-hydrogen) atoms. The number of carboxylic acid groups (broad SMARTS) is 1. The van der Waals surface area contributed by atoms with Crippen LogP contribution in [0.1, 0.15) is 16.8 Å². The molecule has 0 aromatic heterocycles. The minimum absolute atomic E-state index is 0.278. The zero-order valence-corrected chi connectivity index (χ0v) is 9.92. The molecule has 1 aromatic carbocycles. The molecule has 0 aliphatic carbocycles. The third-order valence-electron chi connectivity index (χ3n) is 2.07. The first-order valence-corrected chi connectivity index (χ1v) is 6.69. The lowest BCUT2D eigenvalue weighted by Crippen LogP contribution is -2.06. The van der Waals surface area contributed by atoms with Gasteiger partial charge in [0.05, 0.1) is 5.56 Å². The van der Waals surface area contributed by atoms with Gasteiger partial charge in [-0.15, -0.1) is 0 Å². The van der Waals surface area contributed by atoms with E-state index in [9.17, 15) is 9.00 Å². The lowest BCUT2D eigenvalue weighted by molar-refractivity contribution is 0.0697. The number of aromatic carboxylic acids is 1. The molecule has 0 spiro atoms. The van der Waals surface area contributed by atoms with Crippen molar-refractivity contribution in [1.29, 1.82) is 0 Å². The van der Waals surface area contributed by atoms with Gasteiger partial charge in [-0.05, 0) is 30.7 Å². The van der Waals surface area contributed by atoms with Crippen LogP contribution in [0, 0.1) is 0 Å². The van der Waals surface area contributed by atoms with Gasteiger partial charge in [0.2, 0.25) is 0 Å². The Morgan fingerprint density at radius 1 is 1.38 bits per heavy atom. The monoisotopic (exact) mass is 241 g/mol. The largest absolute Gasteiger partial charge is 0.478 e. The number of hydrogen-bond donors (Lipinski definition) is 2. The zero-order valence-electron chi connectivity index (χ0n) is 9.10. The summed E-state index contributed by atoms with van der Waals surface area (Å²) in [5, 5.41) is 11.8. The van der Waals surface area contributed by atoms with E-state index in [1.807, 2.05) is 0 Å². The fraction of sp³-hybridized carbons (Fsp3) is 0.364. The van der Waals surface area contributed by atoms with Gasteiger partial charge in [-0.25, -0.2) is 4.79 Å². The van der Waals surface area contributed by atoms with Crippen LogP contribution in [0.2, 0.25) is 0 Å². The van der Waals surface area contributed by atoms with Crippen molar-refractivity contribution in [2.75, 3.05) is 23.9 Å². The first kappa shape index (κ1) is 12.7. The van der Waals surface area contributed by atoms with Gasteiger partial charge in [-0.2, -0.15) is 0 Å². The van der Waals surface area contributed by atoms with Crippen LogP contribution in [0.15, 0.2) is 24.3 Å². The van der Waals surface area contributed by atoms with Crippen LogP contribution in [-0.4, -0.2) is 33.8 Å². The van der Waals surface area contributed by atoms with E-state index in [4.69, 9.17) is 5.11 Å². The summed E-state index contributed by atoms with van der Waals surface area (Å²) in [5.74, 6) is -0.242. The highest BCUT2D eigenvalue weighted by molar-refractivity contribution is 7.84. The Morgan fingerprint density at radius 3 is 2.50 bits per heavy atom. The molecule has 0 bridgehead atoms. The summed E-state index contributed by atoms with van der Waals surface area (Å²) in [6, 6.07) is 6.57. The SMILES string of the molecule is CS(=O)CCCNc1ccc(C(=O)O)cc1. The Labute approximate surface area is 97.1 Å². The van der Waals surface area contributed by atoms with Crippen molar-refractivity contribution in [3.05, 3.63) is 29.8 Å². The second-order valence-corrected chi connectivity index (χ2v) is 4.99. The van der Waals surface area contributed by atoms with Crippen LogP contribution in [0.25, 0.3) is 0 Å². The molecule has 1 rings (SSSR count). The van der Waals surface area contributed by atoms with Crippen LogP contribution >= 0.6 is 0 Å². The molecule has 1 atom stereocenters. The number of carbonyl (C=O) groups is 1. The zero-order chi connectivity index (χ0) is 12.0. The fourth-order valence-electron chi connectivity index (χ4n) is 1.24. The molecule has 2 N–H and O–H groups in total. The molecular weight excluding hydrogens is 226 g/mol. The Kier molecular flexibility index (Phi) is 4.98. The van der Waals surface area contributed by atoms with Gasteiger partial charge in [0.25, 0.3) is 0 Å². The van der Waals surface area contributed by atoms with E-state index in [2.05, 4.69) is 5.32 Å². The number of rotatable bonds is 6. The fourth-order valence-corrected chi connectivity index (χ4v) is 1.79. The molecule has 0 saturated heterocycles. The van der Waals surface area contributed by atoms with Gasteiger partial charge in [-0.3, -0.25) is 4.21 Å². The molecule has 0 radical (unpaired) electrons. The molecular formula is C11H15NO3S. The Balaban J connectivity index is 2.38. The van der Waals surface area contributed by atoms with E-state index in [-0.39, 0.29) is 5.56 Å². The number of anilines is 1. The van der Waals surface area contributed by atoms with E-state index < -0.39 is 16.8 Å². The third-order valence-corrected chi connectivity index (χ3v) is 2.93. The Bertz CT molecular complexity index is 375. The van der Waals surface area contributed by atoms with Crippen LogP contribution in [0.3, 0.4) is 0 Å². The molecule has 1 aromatic rings. The third kappa shape index (κ3) is 4.44. The number of hydrogen-bond acceptors (Lipinski definition) is 3. The van der Waals surface area contributed by atoms with E-state index in [1.165, 1.54) is 0 Å². The summed E-state index contributed by atoms with van der Waals surface area (Å²) in [5.41, 5.74) is 1.16. The first-order valence-electron chi connectivity index (χ1n) is 4.97. The van der Waals surface area contributed by atoms with Gasteiger partial charge in [0.15, 0.2) is 0 Å². The standard InChI is InChI=1S/C11H15NO3S/c1-16(15)8-2-7-12-10-5-3-9(4-6-10)11(13)14/h3-6,12H,2,7-8H2,1H3,(H,13,14). The maximum absolute atomic E-state index is 10.8. The quantitative estimate of drug-likeness (QED) is 0.742. The molecule has 5 heteroatoms. The summed E-state index contributed by atoms with van der Waals surface area (Å²) in [6.45, 7) is 0.742.